The van der Waals surface area contributed by atoms with Crippen molar-refractivity contribution in [2.45, 2.75) is 20.1 Å². The molecule has 6 nitrogen and oxygen atoms in total. The smallest absolute Gasteiger partial charge is 0.357 e. The molecule has 0 amide bonds. The molecule has 0 aliphatic carbocycles. The van der Waals surface area contributed by atoms with Crippen LogP contribution >= 0.6 is 0 Å². The SMILES string of the molecule is CCOC(=O)c1ncc2c(c1COC)c1cc(OCc3ccccc3)ccc1n2C. The zero-order valence-corrected chi connectivity index (χ0v) is 17.3. The molecule has 6 heteroatoms. The predicted octanol–water partition coefficient (Wildman–Crippen LogP) is 4.63. The Morgan fingerprint density at radius 3 is 2.60 bits per heavy atom. The number of aryl methyl sites for hydroxylation is 1. The van der Waals surface area contributed by atoms with Gasteiger partial charge in [-0.05, 0) is 30.7 Å². The number of rotatable bonds is 7. The molecule has 0 aliphatic heterocycles. The van der Waals surface area contributed by atoms with Gasteiger partial charge in [-0.2, -0.15) is 0 Å². The summed E-state index contributed by atoms with van der Waals surface area (Å²) in [4.78, 5) is 16.9. The van der Waals surface area contributed by atoms with Crippen LogP contribution in [-0.4, -0.2) is 29.2 Å². The summed E-state index contributed by atoms with van der Waals surface area (Å²) < 4.78 is 18.7. The fraction of sp³-hybridized carbons (Fsp3) is 0.250. The molecule has 2 heterocycles. The highest BCUT2D eigenvalue weighted by molar-refractivity contribution is 6.12. The summed E-state index contributed by atoms with van der Waals surface area (Å²) in [5.74, 6) is 0.316. The number of esters is 1. The van der Waals surface area contributed by atoms with E-state index in [9.17, 15) is 4.79 Å². The van der Waals surface area contributed by atoms with Gasteiger partial charge in [0, 0.05) is 36.0 Å². The van der Waals surface area contributed by atoms with E-state index in [0.29, 0.717) is 6.61 Å². The maximum absolute atomic E-state index is 12.5. The number of carbonyl (C=O) groups is 1. The van der Waals surface area contributed by atoms with Crippen molar-refractivity contribution in [3.05, 3.63) is 71.5 Å². The molecule has 0 bridgehead atoms. The summed E-state index contributed by atoms with van der Waals surface area (Å²) in [5.41, 5.74) is 4.06. The molecular weight excluding hydrogens is 380 g/mol. The quantitative estimate of drug-likeness (QED) is 0.420. The van der Waals surface area contributed by atoms with E-state index in [4.69, 9.17) is 14.2 Å². The van der Waals surface area contributed by atoms with E-state index in [0.717, 1.165) is 38.7 Å². The van der Waals surface area contributed by atoms with E-state index < -0.39 is 5.97 Å². The fourth-order valence-corrected chi connectivity index (χ4v) is 3.72. The maximum atomic E-state index is 12.5. The van der Waals surface area contributed by atoms with Gasteiger partial charge in [0.2, 0.25) is 0 Å². The Bertz CT molecular complexity index is 1200. The van der Waals surface area contributed by atoms with E-state index in [2.05, 4.69) is 9.55 Å². The lowest BCUT2D eigenvalue weighted by Gasteiger charge is -2.10. The van der Waals surface area contributed by atoms with Crippen LogP contribution in [0.1, 0.15) is 28.5 Å². The Labute approximate surface area is 175 Å². The summed E-state index contributed by atoms with van der Waals surface area (Å²) in [7, 11) is 3.59. The van der Waals surface area contributed by atoms with Crippen LogP contribution in [0.25, 0.3) is 21.8 Å². The minimum atomic E-state index is -0.445. The van der Waals surface area contributed by atoms with Crippen molar-refractivity contribution < 1.29 is 19.0 Å². The van der Waals surface area contributed by atoms with E-state index in [1.807, 2.05) is 55.6 Å². The van der Waals surface area contributed by atoms with Crippen LogP contribution in [0.3, 0.4) is 0 Å². The van der Waals surface area contributed by atoms with E-state index in [1.54, 1.807) is 20.2 Å². The number of methoxy groups -OCH3 is 1. The molecule has 0 radical (unpaired) electrons. The van der Waals surface area contributed by atoms with Gasteiger partial charge >= 0.3 is 5.97 Å². The molecule has 30 heavy (non-hydrogen) atoms. The summed E-state index contributed by atoms with van der Waals surface area (Å²) in [5, 5.41) is 1.91. The summed E-state index contributed by atoms with van der Waals surface area (Å²) >= 11 is 0. The Morgan fingerprint density at radius 1 is 1.07 bits per heavy atom. The normalized spacial score (nSPS) is 11.2. The molecule has 0 saturated carbocycles. The van der Waals surface area contributed by atoms with Crippen molar-refractivity contribution in [3.63, 3.8) is 0 Å². The van der Waals surface area contributed by atoms with Gasteiger partial charge in [-0.25, -0.2) is 9.78 Å². The summed E-state index contributed by atoms with van der Waals surface area (Å²) in [6, 6.07) is 16.0. The lowest BCUT2D eigenvalue weighted by atomic mass is 10.1. The number of fused-ring (bicyclic) bond motifs is 3. The first-order valence-electron chi connectivity index (χ1n) is 9.86. The number of aromatic nitrogens is 2. The number of benzene rings is 2. The highest BCUT2D eigenvalue weighted by Crippen LogP contribution is 2.34. The largest absolute Gasteiger partial charge is 0.489 e. The number of hydrogen-bond donors (Lipinski definition) is 0. The molecule has 2 aromatic heterocycles. The minimum Gasteiger partial charge on any atom is -0.489 e. The Kier molecular flexibility index (Phi) is 5.68. The first-order chi connectivity index (χ1) is 14.6. The average Bonchev–Trinajstić information content (AvgIpc) is 3.05. The molecule has 0 spiro atoms. The van der Waals surface area contributed by atoms with Gasteiger partial charge in [-0.15, -0.1) is 0 Å². The van der Waals surface area contributed by atoms with Crippen molar-refractivity contribution in [2.24, 2.45) is 7.05 Å². The first-order valence-corrected chi connectivity index (χ1v) is 9.86. The molecule has 4 aromatic rings. The topological polar surface area (TPSA) is 62.6 Å². The highest BCUT2D eigenvalue weighted by Gasteiger charge is 2.21. The average molecular weight is 404 g/mol. The molecule has 0 N–H and O–H groups in total. The maximum Gasteiger partial charge on any atom is 0.357 e. The molecule has 0 unspecified atom stereocenters. The highest BCUT2D eigenvalue weighted by atomic mass is 16.5. The standard InChI is InChI=1S/C24H24N2O4/c1-4-29-24(27)23-19(15-28-3)22-18-12-17(30-14-16-8-6-5-7-9-16)10-11-20(18)26(2)21(22)13-25-23/h5-13H,4,14-15H2,1-3H3. The van der Waals surface area contributed by atoms with Crippen molar-refractivity contribution in [2.75, 3.05) is 13.7 Å². The Balaban J connectivity index is 1.83. The lowest BCUT2D eigenvalue weighted by molar-refractivity contribution is 0.0514. The van der Waals surface area contributed by atoms with Crippen LogP contribution in [0.4, 0.5) is 0 Å². The molecular formula is C24H24N2O4. The van der Waals surface area contributed by atoms with Gasteiger partial charge in [0.25, 0.3) is 0 Å². The van der Waals surface area contributed by atoms with Crippen LogP contribution in [0.15, 0.2) is 54.7 Å². The second-order valence-electron chi connectivity index (χ2n) is 7.01. The van der Waals surface area contributed by atoms with Crippen LogP contribution in [0.2, 0.25) is 0 Å². The summed E-state index contributed by atoms with van der Waals surface area (Å²) in [6.45, 7) is 2.81. The van der Waals surface area contributed by atoms with Gasteiger partial charge in [-0.1, -0.05) is 30.3 Å². The van der Waals surface area contributed by atoms with Gasteiger partial charge in [-0.3, -0.25) is 0 Å². The van der Waals surface area contributed by atoms with Gasteiger partial charge < -0.3 is 18.8 Å². The van der Waals surface area contributed by atoms with Crippen LogP contribution in [0, 0.1) is 0 Å². The second-order valence-corrected chi connectivity index (χ2v) is 7.01. The lowest BCUT2D eigenvalue weighted by Crippen LogP contribution is -2.11. The van der Waals surface area contributed by atoms with E-state index >= 15 is 0 Å². The van der Waals surface area contributed by atoms with E-state index in [1.165, 1.54) is 0 Å². The molecule has 4 rings (SSSR count). The van der Waals surface area contributed by atoms with Crippen LogP contribution < -0.4 is 4.74 Å². The monoisotopic (exact) mass is 404 g/mol. The number of pyridine rings is 1. The number of hydrogen-bond acceptors (Lipinski definition) is 5. The van der Waals surface area contributed by atoms with Gasteiger partial charge in [0.15, 0.2) is 5.69 Å². The first kappa shape index (κ1) is 19.9. The molecule has 0 aliphatic rings. The van der Waals surface area contributed by atoms with Gasteiger partial charge in [0.1, 0.15) is 12.4 Å². The van der Waals surface area contributed by atoms with Crippen LogP contribution in [-0.2, 0) is 29.7 Å². The molecule has 154 valence electrons. The zero-order valence-electron chi connectivity index (χ0n) is 17.3. The third kappa shape index (κ3) is 3.62. The van der Waals surface area contributed by atoms with Crippen LogP contribution in [0.5, 0.6) is 5.75 Å². The van der Waals surface area contributed by atoms with Crippen molar-refractivity contribution >= 4 is 27.8 Å². The molecule has 0 atom stereocenters. The number of carbonyl (C=O) groups excluding carboxylic acids is 1. The van der Waals surface area contributed by atoms with Gasteiger partial charge in [0.05, 0.1) is 24.9 Å². The zero-order chi connectivity index (χ0) is 21.1. The molecule has 0 saturated heterocycles. The summed E-state index contributed by atoms with van der Waals surface area (Å²) in [6.07, 6.45) is 1.71. The van der Waals surface area contributed by atoms with Crippen molar-refractivity contribution in [1.82, 2.24) is 9.55 Å². The van der Waals surface area contributed by atoms with Crippen molar-refractivity contribution in [1.29, 1.82) is 0 Å². The fourth-order valence-electron chi connectivity index (χ4n) is 3.72. The number of nitrogens with zero attached hydrogens (tertiary/aromatic N) is 2. The minimum absolute atomic E-state index is 0.257. The third-order valence-electron chi connectivity index (χ3n) is 5.13. The van der Waals surface area contributed by atoms with Crippen molar-refractivity contribution in [3.8, 4) is 5.75 Å². The Hall–Kier alpha value is -3.38. The third-order valence-corrected chi connectivity index (χ3v) is 5.13. The molecule has 2 aromatic carbocycles. The Morgan fingerprint density at radius 2 is 1.87 bits per heavy atom. The second kappa shape index (κ2) is 8.55. The van der Waals surface area contributed by atoms with E-state index in [-0.39, 0.29) is 18.9 Å². The predicted molar refractivity (Wildman–Crippen MR) is 116 cm³/mol. The molecule has 0 fully saturated rings. The number of ether oxygens (including phenoxy) is 3.